The fraction of sp³-hybridized carbons (Fsp3) is 0.714. The van der Waals surface area contributed by atoms with Crippen molar-refractivity contribution in [3.05, 3.63) is 34.9 Å². The van der Waals surface area contributed by atoms with E-state index in [1.807, 2.05) is 32.9 Å². The largest absolute Gasteiger partial charge is 0.451 e. The lowest BCUT2D eigenvalue weighted by atomic mass is 9.59. The summed E-state index contributed by atoms with van der Waals surface area (Å²) in [6.45, 7) is 15.8. The fourth-order valence-corrected chi connectivity index (χ4v) is 7.62. The van der Waals surface area contributed by atoms with Crippen molar-refractivity contribution >= 4 is 11.8 Å². The van der Waals surface area contributed by atoms with Gasteiger partial charge in [0.2, 0.25) is 0 Å². The summed E-state index contributed by atoms with van der Waals surface area (Å²) in [4.78, 5) is 27.5. The summed E-state index contributed by atoms with van der Waals surface area (Å²) >= 11 is 0. The summed E-state index contributed by atoms with van der Waals surface area (Å²) in [5, 5.41) is 12.9. The van der Waals surface area contributed by atoms with Crippen LogP contribution in [-0.4, -0.2) is 47.1 Å². The zero-order valence-electron chi connectivity index (χ0n) is 21.6. The number of carbonyl (C=O) groups excluding carboxylic acids is 2. The Hall–Kier alpha value is -1.76. The molecule has 5 rings (SSSR count). The second-order valence-electron chi connectivity index (χ2n) is 12.2. The number of rotatable bonds is 2. The Morgan fingerprint density at radius 1 is 1.26 bits per heavy atom. The predicted octanol–water partition coefficient (Wildman–Crippen LogP) is 4.13. The topological polar surface area (TPSA) is 82.1 Å². The molecule has 0 aromatic carbocycles. The van der Waals surface area contributed by atoms with E-state index in [2.05, 4.69) is 20.8 Å². The molecule has 6 nitrogen and oxygen atoms in total. The molecule has 1 N–H and O–H groups in total. The first-order chi connectivity index (χ1) is 15.7. The second-order valence-corrected chi connectivity index (χ2v) is 12.2. The van der Waals surface area contributed by atoms with Gasteiger partial charge in [-0.2, -0.15) is 0 Å². The van der Waals surface area contributed by atoms with E-state index < -0.39 is 35.0 Å². The van der Waals surface area contributed by atoms with Crippen LogP contribution in [0.1, 0.15) is 61.8 Å². The standard InChI is InChI=1S/C28H38O6/c1-9-14(2)24(30)33-22-15(3)12-27-16(4)10-19-20(25(19,5)6)18(21(27)29)11-17-13-32-26(7,8)34-23(17)28(22,27)31/h9,11-12,16,18-20,22-23,31H,10,13H2,1-8H3/t16-,18?,19?,20?,22+,23-,27?,28-/m1/s1. The highest BCUT2D eigenvalue weighted by Gasteiger charge is 2.77. The third kappa shape index (κ3) is 2.85. The molecule has 8 atom stereocenters. The Kier molecular flexibility index (Phi) is 5.03. The average molecular weight is 471 g/mol. The van der Waals surface area contributed by atoms with Crippen LogP contribution < -0.4 is 0 Å². The first kappa shape index (κ1) is 24.0. The lowest BCUT2D eigenvalue weighted by Crippen LogP contribution is -2.68. The molecule has 2 saturated carbocycles. The number of allylic oxidation sites excluding steroid dienone is 2. The first-order valence-corrected chi connectivity index (χ1v) is 12.5. The third-order valence-electron chi connectivity index (χ3n) is 9.65. The van der Waals surface area contributed by atoms with Gasteiger partial charge in [-0.1, -0.05) is 39.0 Å². The van der Waals surface area contributed by atoms with Gasteiger partial charge in [0.25, 0.3) is 0 Å². The highest BCUT2D eigenvalue weighted by atomic mass is 16.7. The van der Waals surface area contributed by atoms with Crippen LogP contribution in [-0.2, 0) is 23.8 Å². The molecule has 34 heavy (non-hydrogen) atoms. The van der Waals surface area contributed by atoms with E-state index in [0.717, 1.165) is 12.0 Å². The van der Waals surface area contributed by atoms with Crippen molar-refractivity contribution in [2.45, 2.75) is 85.4 Å². The van der Waals surface area contributed by atoms with E-state index in [0.29, 0.717) is 17.1 Å². The van der Waals surface area contributed by atoms with Crippen LogP contribution in [0, 0.1) is 34.5 Å². The Balaban J connectivity index is 1.72. The smallest absolute Gasteiger partial charge is 0.334 e. The van der Waals surface area contributed by atoms with Crippen molar-refractivity contribution in [1.82, 2.24) is 0 Å². The van der Waals surface area contributed by atoms with Crippen molar-refractivity contribution in [1.29, 1.82) is 0 Å². The van der Waals surface area contributed by atoms with Gasteiger partial charge in [-0.15, -0.1) is 0 Å². The van der Waals surface area contributed by atoms with Gasteiger partial charge in [0, 0.05) is 11.5 Å². The maximum Gasteiger partial charge on any atom is 0.334 e. The number of fused-ring (bicyclic) bond motifs is 5. The number of ketones is 1. The summed E-state index contributed by atoms with van der Waals surface area (Å²) < 4.78 is 18.4. The number of carbonyl (C=O) groups is 2. The number of ether oxygens (including phenoxy) is 3. The minimum Gasteiger partial charge on any atom is -0.451 e. The SMILES string of the molecule is CC=C(C)C(=O)O[C@H]1C(C)=CC23C(=O)C(C=C4COC(C)(C)O[C@H]4[C@]12O)C1C(C[C@H]3C)C1(C)C. The molecular formula is C28H38O6. The number of esters is 1. The van der Waals surface area contributed by atoms with Crippen molar-refractivity contribution < 1.29 is 28.9 Å². The van der Waals surface area contributed by atoms with Gasteiger partial charge < -0.3 is 19.3 Å². The van der Waals surface area contributed by atoms with E-state index >= 15 is 0 Å². The molecule has 6 heteroatoms. The van der Waals surface area contributed by atoms with Gasteiger partial charge in [0.1, 0.15) is 6.10 Å². The van der Waals surface area contributed by atoms with Crippen LogP contribution in [0.5, 0.6) is 0 Å². The molecule has 0 radical (unpaired) electrons. The van der Waals surface area contributed by atoms with Crippen molar-refractivity contribution in [2.75, 3.05) is 6.61 Å². The van der Waals surface area contributed by atoms with Crippen LogP contribution in [0.3, 0.4) is 0 Å². The van der Waals surface area contributed by atoms with E-state index in [4.69, 9.17) is 14.2 Å². The van der Waals surface area contributed by atoms with Gasteiger partial charge in [-0.3, -0.25) is 4.79 Å². The van der Waals surface area contributed by atoms with Crippen molar-refractivity contribution in [3.8, 4) is 0 Å². The minimum absolute atomic E-state index is 0.0181. The molecule has 3 fully saturated rings. The van der Waals surface area contributed by atoms with Gasteiger partial charge >= 0.3 is 5.97 Å². The minimum atomic E-state index is -1.76. The Bertz CT molecular complexity index is 1050. The van der Waals surface area contributed by atoms with Crippen molar-refractivity contribution in [3.63, 3.8) is 0 Å². The van der Waals surface area contributed by atoms with E-state index in [9.17, 15) is 14.7 Å². The zero-order valence-corrected chi connectivity index (χ0v) is 21.6. The average Bonchev–Trinajstić information content (AvgIpc) is 3.25. The predicted molar refractivity (Wildman–Crippen MR) is 126 cm³/mol. The molecule has 0 amide bonds. The first-order valence-electron chi connectivity index (χ1n) is 12.5. The van der Waals surface area contributed by atoms with E-state index in [-0.39, 0.29) is 35.6 Å². The summed E-state index contributed by atoms with van der Waals surface area (Å²) in [5.74, 6) is -1.30. The number of hydrogen-bond acceptors (Lipinski definition) is 6. The zero-order chi connectivity index (χ0) is 25.0. The Morgan fingerprint density at radius 3 is 2.59 bits per heavy atom. The third-order valence-corrected chi connectivity index (χ3v) is 9.65. The van der Waals surface area contributed by atoms with Crippen LogP contribution in [0.4, 0.5) is 0 Å². The Morgan fingerprint density at radius 2 is 1.94 bits per heavy atom. The van der Waals surface area contributed by atoms with E-state index in [1.165, 1.54) is 0 Å². The number of aliphatic hydroxyl groups is 1. The molecule has 0 aromatic rings. The van der Waals surface area contributed by atoms with Crippen LogP contribution in [0.25, 0.3) is 0 Å². The maximum atomic E-state index is 14.6. The normalized spacial score (nSPS) is 46.1. The molecule has 1 heterocycles. The van der Waals surface area contributed by atoms with Gasteiger partial charge in [0.15, 0.2) is 23.3 Å². The van der Waals surface area contributed by atoms with Crippen LogP contribution in [0.2, 0.25) is 0 Å². The highest BCUT2D eigenvalue weighted by Crippen LogP contribution is 2.72. The van der Waals surface area contributed by atoms with Crippen LogP contribution >= 0.6 is 0 Å². The molecule has 1 aliphatic heterocycles. The number of Topliss-reactive ketones (excluding diaryl/α,β-unsaturated/α-hetero) is 1. The quantitative estimate of drug-likeness (QED) is 0.371. The Labute approximate surface area is 202 Å². The second kappa shape index (κ2) is 7.14. The molecule has 4 unspecified atom stereocenters. The molecule has 2 bridgehead atoms. The molecule has 186 valence electrons. The lowest BCUT2D eigenvalue weighted by Gasteiger charge is -2.52. The molecule has 4 aliphatic carbocycles. The van der Waals surface area contributed by atoms with Crippen molar-refractivity contribution in [2.24, 2.45) is 34.5 Å². The summed E-state index contributed by atoms with van der Waals surface area (Å²) in [7, 11) is 0. The maximum absolute atomic E-state index is 14.6. The monoisotopic (exact) mass is 470 g/mol. The summed E-state index contributed by atoms with van der Waals surface area (Å²) in [6, 6.07) is 0. The van der Waals surface area contributed by atoms with Crippen LogP contribution in [0.15, 0.2) is 34.9 Å². The van der Waals surface area contributed by atoms with Gasteiger partial charge in [-0.05, 0) is 75.4 Å². The van der Waals surface area contributed by atoms with E-state index in [1.54, 1.807) is 19.9 Å². The highest BCUT2D eigenvalue weighted by molar-refractivity contribution is 5.96. The molecule has 1 saturated heterocycles. The fourth-order valence-electron chi connectivity index (χ4n) is 7.62. The van der Waals surface area contributed by atoms with Gasteiger partial charge in [-0.25, -0.2) is 4.79 Å². The number of hydrogen-bond donors (Lipinski definition) is 1. The summed E-state index contributed by atoms with van der Waals surface area (Å²) in [6.07, 6.45) is 4.62. The lowest BCUT2D eigenvalue weighted by molar-refractivity contribution is -0.303. The van der Waals surface area contributed by atoms with Gasteiger partial charge in [0.05, 0.1) is 12.0 Å². The molecule has 5 aliphatic rings. The molecular weight excluding hydrogens is 432 g/mol. The molecule has 0 aromatic heterocycles. The summed E-state index contributed by atoms with van der Waals surface area (Å²) in [5.41, 5.74) is -0.994. The molecule has 1 spiro atoms.